The van der Waals surface area contributed by atoms with E-state index in [-0.39, 0.29) is 18.7 Å². The highest BCUT2D eigenvalue weighted by Crippen LogP contribution is 2.39. The molecule has 0 spiro atoms. The predicted octanol–water partition coefficient (Wildman–Crippen LogP) is 10.2. The van der Waals surface area contributed by atoms with Crippen LogP contribution in [0.3, 0.4) is 0 Å². The topological polar surface area (TPSA) is 0 Å². The first-order valence-electron chi connectivity index (χ1n) is 13.3. The van der Waals surface area contributed by atoms with E-state index in [1.165, 1.54) is 69.4 Å². The van der Waals surface area contributed by atoms with Crippen molar-refractivity contribution in [1.29, 1.82) is 0 Å². The molecule has 0 atom stereocenters. The Balaban J connectivity index is 1.38. The van der Waals surface area contributed by atoms with E-state index in [1.807, 2.05) is 18.2 Å². The molecule has 36 heavy (non-hydrogen) atoms. The van der Waals surface area contributed by atoms with Crippen LogP contribution in [0, 0.1) is 17.6 Å². The maximum atomic E-state index is 15.2. The van der Waals surface area contributed by atoms with Crippen molar-refractivity contribution in [2.75, 3.05) is 0 Å². The van der Waals surface area contributed by atoms with Gasteiger partial charge in [0.15, 0.2) is 0 Å². The molecule has 4 rings (SSSR count). The van der Waals surface area contributed by atoms with Gasteiger partial charge in [-0.05, 0) is 84.6 Å². The van der Waals surface area contributed by atoms with Crippen molar-refractivity contribution in [1.82, 2.24) is 0 Å². The molecular formula is C31H35F5. The number of benzene rings is 3. The number of aryl methyl sites for hydroxylation is 2. The lowest BCUT2D eigenvalue weighted by Crippen LogP contribution is -2.13. The van der Waals surface area contributed by atoms with Gasteiger partial charge in [-0.2, -0.15) is 13.2 Å². The summed E-state index contributed by atoms with van der Waals surface area (Å²) in [4.78, 5) is 0. The van der Waals surface area contributed by atoms with Crippen molar-refractivity contribution >= 4 is 10.8 Å². The average molecular weight is 503 g/mol. The molecule has 0 bridgehead atoms. The van der Waals surface area contributed by atoms with Crippen molar-refractivity contribution in [2.24, 2.45) is 5.92 Å². The number of halogens is 5. The van der Waals surface area contributed by atoms with Gasteiger partial charge in [0.05, 0.1) is 5.56 Å². The van der Waals surface area contributed by atoms with Gasteiger partial charge in [-0.15, -0.1) is 0 Å². The number of alkyl halides is 3. The molecule has 1 saturated carbocycles. The molecule has 0 radical (unpaired) electrons. The number of fused-ring (bicyclic) bond motifs is 1. The fourth-order valence-electron chi connectivity index (χ4n) is 5.67. The zero-order valence-electron chi connectivity index (χ0n) is 20.9. The Hall–Kier alpha value is -2.43. The average Bonchev–Trinajstić information content (AvgIpc) is 2.86. The number of hydrogen-bond acceptors (Lipinski definition) is 0. The third-order valence-corrected chi connectivity index (χ3v) is 7.86. The molecule has 0 saturated heterocycles. The van der Waals surface area contributed by atoms with Crippen LogP contribution in [0.4, 0.5) is 22.0 Å². The van der Waals surface area contributed by atoms with Gasteiger partial charge in [-0.25, -0.2) is 8.78 Å². The summed E-state index contributed by atoms with van der Waals surface area (Å²) in [6.07, 6.45) is 7.38. The fourth-order valence-corrected chi connectivity index (χ4v) is 5.67. The van der Waals surface area contributed by atoms with Crippen LogP contribution >= 0.6 is 0 Å². The van der Waals surface area contributed by atoms with Crippen molar-refractivity contribution in [2.45, 2.75) is 89.6 Å². The minimum Gasteiger partial charge on any atom is -0.206 e. The smallest absolute Gasteiger partial charge is 0.206 e. The van der Waals surface area contributed by atoms with Crippen LogP contribution in [0.5, 0.6) is 0 Å². The van der Waals surface area contributed by atoms with Gasteiger partial charge in [0, 0.05) is 5.39 Å². The maximum Gasteiger partial charge on any atom is 0.419 e. The molecule has 0 nitrogen and oxygen atoms in total. The molecule has 1 fully saturated rings. The largest absolute Gasteiger partial charge is 0.419 e. The Morgan fingerprint density at radius 1 is 0.806 bits per heavy atom. The number of rotatable bonds is 9. The Bertz CT molecular complexity index is 1160. The second kappa shape index (κ2) is 11.7. The summed E-state index contributed by atoms with van der Waals surface area (Å²) in [6, 6.07) is 12.6. The van der Waals surface area contributed by atoms with E-state index < -0.39 is 17.6 Å². The van der Waals surface area contributed by atoms with Crippen molar-refractivity contribution in [3.63, 3.8) is 0 Å². The van der Waals surface area contributed by atoms with Gasteiger partial charge < -0.3 is 0 Å². The molecule has 0 unspecified atom stereocenters. The van der Waals surface area contributed by atoms with Crippen LogP contribution in [-0.4, -0.2) is 0 Å². The van der Waals surface area contributed by atoms with E-state index >= 15 is 4.39 Å². The Morgan fingerprint density at radius 2 is 1.58 bits per heavy atom. The normalized spacial score (nSPS) is 18.6. The van der Waals surface area contributed by atoms with Crippen molar-refractivity contribution < 1.29 is 22.0 Å². The molecule has 0 amide bonds. The third kappa shape index (κ3) is 6.46. The quantitative estimate of drug-likeness (QED) is 0.202. The van der Waals surface area contributed by atoms with E-state index in [9.17, 15) is 17.6 Å². The zero-order valence-corrected chi connectivity index (χ0v) is 20.9. The molecule has 0 N–H and O–H groups in total. The summed E-state index contributed by atoms with van der Waals surface area (Å²) in [5.41, 5.74) is 0.897. The van der Waals surface area contributed by atoms with Crippen LogP contribution in [0.15, 0.2) is 48.5 Å². The van der Waals surface area contributed by atoms with Gasteiger partial charge >= 0.3 is 6.18 Å². The van der Waals surface area contributed by atoms with Crippen LogP contribution in [-0.2, 0) is 19.0 Å². The van der Waals surface area contributed by atoms with Gasteiger partial charge in [0.25, 0.3) is 0 Å². The molecule has 0 heterocycles. The van der Waals surface area contributed by atoms with Crippen LogP contribution in [0.2, 0.25) is 0 Å². The molecule has 3 aromatic rings. The summed E-state index contributed by atoms with van der Waals surface area (Å²) < 4.78 is 67.4. The molecule has 194 valence electrons. The Morgan fingerprint density at radius 3 is 2.28 bits per heavy atom. The van der Waals surface area contributed by atoms with Crippen molar-refractivity contribution in [3.8, 4) is 0 Å². The summed E-state index contributed by atoms with van der Waals surface area (Å²) in [5.74, 6) is -0.227. The second-order valence-electron chi connectivity index (χ2n) is 10.4. The standard InChI is InChI=1S/C31H35F5/c1-2-3-4-5-6-21-7-11-23(12-8-21)25-16-17-27-26(20-25)15-14-24(30(27)33)13-9-22-10-18-28(29(32)19-22)31(34,35)36/h10,14-21,23H,2-9,11-13H2,1H3. The van der Waals surface area contributed by atoms with E-state index in [2.05, 4.69) is 13.0 Å². The predicted molar refractivity (Wildman–Crippen MR) is 136 cm³/mol. The molecule has 0 aromatic heterocycles. The molecule has 3 aromatic carbocycles. The highest BCUT2D eigenvalue weighted by atomic mass is 19.4. The van der Waals surface area contributed by atoms with Gasteiger partial charge in [-0.1, -0.05) is 75.4 Å². The van der Waals surface area contributed by atoms with E-state index in [1.54, 1.807) is 6.07 Å². The summed E-state index contributed by atoms with van der Waals surface area (Å²) in [7, 11) is 0. The maximum absolute atomic E-state index is 15.2. The first kappa shape index (κ1) is 26.6. The lowest BCUT2D eigenvalue weighted by Gasteiger charge is -2.29. The van der Waals surface area contributed by atoms with Crippen LogP contribution in [0.25, 0.3) is 10.8 Å². The lowest BCUT2D eigenvalue weighted by atomic mass is 9.76. The highest BCUT2D eigenvalue weighted by molar-refractivity contribution is 5.84. The zero-order chi connectivity index (χ0) is 25.7. The summed E-state index contributed by atoms with van der Waals surface area (Å²) >= 11 is 0. The van der Waals surface area contributed by atoms with E-state index in [4.69, 9.17) is 0 Å². The lowest BCUT2D eigenvalue weighted by molar-refractivity contribution is -0.140. The molecule has 0 aliphatic heterocycles. The van der Waals surface area contributed by atoms with Crippen molar-refractivity contribution in [3.05, 3.63) is 82.4 Å². The number of unbranched alkanes of at least 4 members (excludes halogenated alkanes) is 3. The Labute approximate surface area is 210 Å². The molecule has 1 aliphatic carbocycles. The number of hydrogen-bond donors (Lipinski definition) is 0. The fraction of sp³-hybridized carbons (Fsp3) is 0.484. The van der Waals surface area contributed by atoms with Gasteiger partial charge in [0.2, 0.25) is 0 Å². The summed E-state index contributed by atoms with van der Waals surface area (Å²) in [6.45, 7) is 2.24. The molecular weight excluding hydrogens is 467 g/mol. The third-order valence-electron chi connectivity index (χ3n) is 7.86. The first-order chi connectivity index (χ1) is 17.3. The van der Waals surface area contributed by atoms with Crippen LogP contribution in [0.1, 0.15) is 92.9 Å². The summed E-state index contributed by atoms with van der Waals surface area (Å²) in [5, 5.41) is 1.43. The van der Waals surface area contributed by atoms with E-state index in [0.717, 1.165) is 23.4 Å². The SMILES string of the molecule is CCCCCCC1CCC(c2ccc3c(F)c(CCc4ccc(C(F)(F)F)c(F)c4)ccc3c2)CC1. The Kier molecular flexibility index (Phi) is 8.69. The monoisotopic (exact) mass is 502 g/mol. The molecule has 1 aliphatic rings. The van der Waals surface area contributed by atoms with Gasteiger partial charge in [0.1, 0.15) is 11.6 Å². The second-order valence-corrected chi connectivity index (χ2v) is 10.4. The molecule has 5 heteroatoms. The van der Waals surface area contributed by atoms with E-state index in [0.29, 0.717) is 22.4 Å². The highest BCUT2D eigenvalue weighted by Gasteiger charge is 2.33. The first-order valence-corrected chi connectivity index (χ1v) is 13.3. The van der Waals surface area contributed by atoms with Gasteiger partial charge in [-0.3, -0.25) is 0 Å². The van der Waals surface area contributed by atoms with Crippen LogP contribution < -0.4 is 0 Å². The minimum atomic E-state index is -4.72. The minimum absolute atomic E-state index is 0.261.